The van der Waals surface area contributed by atoms with Crippen LogP contribution in [0.2, 0.25) is 0 Å². The van der Waals surface area contributed by atoms with Gasteiger partial charge in [0.2, 0.25) is 0 Å². The van der Waals surface area contributed by atoms with Crippen molar-refractivity contribution in [1.29, 1.82) is 0 Å². The Balaban J connectivity index is 0.00000225. The van der Waals surface area contributed by atoms with Crippen LogP contribution >= 0.6 is 12.2 Å². The predicted molar refractivity (Wildman–Crippen MR) is 64.4 cm³/mol. The normalized spacial score (nSPS) is 27.1. The van der Waals surface area contributed by atoms with Crippen LogP contribution in [-0.2, 0) is 22.5 Å². The summed E-state index contributed by atoms with van der Waals surface area (Å²) < 4.78 is 22.6. The van der Waals surface area contributed by atoms with E-state index in [-0.39, 0.29) is 73.3 Å². The molecule has 1 fully saturated rings. The maximum Gasteiger partial charge on any atom is 1.00 e. The zero-order valence-corrected chi connectivity index (χ0v) is 14.5. The maximum absolute atomic E-state index is 11.1. The molecule has 0 radical (unpaired) electrons. The number of thiocarbonyl (C=S) groups is 1. The number of rotatable bonds is 4. The third-order valence-corrected chi connectivity index (χ3v) is 4.13. The van der Waals surface area contributed by atoms with Gasteiger partial charge in [-0.2, -0.15) is 0 Å². The minimum Gasteiger partial charge on any atom is -0.412 e. The van der Waals surface area contributed by atoms with E-state index in [1.165, 1.54) is 0 Å². The molecule has 2 atom stereocenters. The molecule has 5 nitrogen and oxygen atoms in total. The van der Waals surface area contributed by atoms with Crippen LogP contribution in [0.25, 0.3) is 0 Å². The van der Waals surface area contributed by atoms with Gasteiger partial charge in [0.15, 0.2) is 9.84 Å². The van der Waals surface area contributed by atoms with Crippen molar-refractivity contribution in [2.45, 2.75) is 12.1 Å². The number of hydrogen-bond acceptors (Lipinski definition) is 6. The molecule has 88 valence electrons. The molecule has 3 N–H and O–H groups in total. The van der Waals surface area contributed by atoms with E-state index in [4.69, 9.17) is 0 Å². The summed E-state index contributed by atoms with van der Waals surface area (Å²) >= 11 is 9.27. The topological polar surface area (TPSA) is 78.4 Å². The first-order valence-corrected chi connectivity index (χ1v) is 7.11. The van der Waals surface area contributed by atoms with Crippen LogP contribution in [0.15, 0.2) is 0 Å². The molecule has 0 saturated carbocycles. The number of nitrogens with one attached hydrogen (secondary N) is 2. The van der Waals surface area contributed by atoms with Gasteiger partial charge >= 0.3 is 51.4 Å². The number of aliphatic hydroxyl groups is 1. The van der Waals surface area contributed by atoms with Crippen LogP contribution in [0.4, 0.5) is 0 Å². The molecule has 0 aromatic heterocycles. The van der Waals surface area contributed by atoms with Gasteiger partial charge in [-0.25, -0.2) is 8.42 Å². The molecule has 0 amide bonds. The number of sulfone groups is 1. The first-order valence-electron chi connectivity index (χ1n) is 4.47. The van der Waals surface area contributed by atoms with Crippen LogP contribution < -0.4 is 62.0 Å². The number of aliphatic hydroxyl groups excluding tert-OH is 1. The smallest absolute Gasteiger partial charge is 0.412 e. The maximum atomic E-state index is 11.1. The Morgan fingerprint density at radius 2 is 2.06 bits per heavy atom. The van der Waals surface area contributed by atoms with Crippen LogP contribution in [0.5, 0.6) is 0 Å². The third kappa shape index (κ3) is 6.52. The quantitative estimate of drug-likeness (QED) is 0.208. The van der Waals surface area contributed by atoms with Crippen LogP contribution in [-0.4, -0.2) is 54.6 Å². The Bertz CT molecular complexity index is 336. The molecule has 1 saturated heterocycles. The summed E-state index contributed by atoms with van der Waals surface area (Å²) in [6.07, 6.45) is -0.814. The molecule has 1 aliphatic rings. The Kier molecular flexibility index (Phi) is 8.72. The Labute approximate surface area is 149 Å². The molecule has 0 aromatic carbocycles. The second-order valence-electron chi connectivity index (χ2n) is 3.42. The average molecular weight is 308 g/mol. The molecule has 1 heterocycles. The molecule has 1 rings (SSSR count). The van der Waals surface area contributed by atoms with E-state index < -0.39 is 15.9 Å². The van der Waals surface area contributed by atoms with Gasteiger partial charge in [-0.15, -0.1) is 0 Å². The van der Waals surface area contributed by atoms with Crippen molar-refractivity contribution in [1.82, 2.24) is 10.6 Å². The first kappa shape index (κ1) is 17.6. The largest absolute Gasteiger partial charge is 1.00 e. The van der Waals surface area contributed by atoms with E-state index in [9.17, 15) is 13.5 Å². The van der Waals surface area contributed by atoms with E-state index in [2.05, 4.69) is 35.5 Å². The molecular weight excluding hydrogens is 295 g/mol. The first-order chi connectivity index (χ1) is 6.91. The van der Waals surface area contributed by atoms with Crippen LogP contribution in [0.3, 0.4) is 0 Å². The Hall–Kier alpha value is 1.62. The molecule has 0 bridgehead atoms. The predicted octanol–water partition coefficient (Wildman–Crippen LogP) is -4.84. The summed E-state index contributed by atoms with van der Waals surface area (Å²) in [5, 5.41) is 15.1. The SMILES string of the molecule is O=S1(=O)CC(O)C(NCCNC(=S)[S-])C1.[K+]. The van der Waals surface area contributed by atoms with E-state index >= 15 is 0 Å². The molecular formula is C7H13KN2O3S3. The third-order valence-electron chi connectivity index (χ3n) is 2.12. The fourth-order valence-corrected chi connectivity index (χ4v) is 3.43. The van der Waals surface area contributed by atoms with Crippen molar-refractivity contribution in [2.75, 3.05) is 24.6 Å². The van der Waals surface area contributed by atoms with E-state index in [1.54, 1.807) is 0 Å². The molecule has 0 spiro atoms. The average Bonchev–Trinajstić information content (AvgIpc) is 2.33. The van der Waals surface area contributed by atoms with Gasteiger partial charge in [0.1, 0.15) is 0 Å². The summed E-state index contributed by atoms with van der Waals surface area (Å²) in [6, 6.07) is -0.379. The summed E-state index contributed by atoms with van der Waals surface area (Å²) in [6.45, 7) is 1.06. The zero-order valence-electron chi connectivity index (χ0n) is 8.97. The van der Waals surface area contributed by atoms with Crippen molar-refractivity contribution < 1.29 is 64.9 Å². The molecule has 16 heavy (non-hydrogen) atoms. The van der Waals surface area contributed by atoms with Gasteiger partial charge in [0.05, 0.1) is 17.6 Å². The van der Waals surface area contributed by atoms with Crippen molar-refractivity contribution in [2.24, 2.45) is 0 Å². The van der Waals surface area contributed by atoms with Gasteiger partial charge in [0, 0.05) is 19.1 Å². The summed E-state index contributed by atoms with van der Waals surface area (Å²) in [4.78, 5) is 0. The Morgan fingerprint density at radius 1 is 1.44 bits per heavy atom. The van der Waals surface area contributed by atoms with Crippen molar-refractivity contribution in [3.8, 4) is 0 Å². The van der Waals surface area contributed by atoms with Crippen molar-refractivity contribution in [3.05, 3.63) is 0 Å². The van der Waals surface area contributed by atoms with Crippen molar-refractivity contribution in [3.63, 3.8) is 0 Å². The second kappa shape index (κ2) is 7.92. The minimum absolute atomic E-state index is 0. The van der Waals surface area contributed by atoms with Gasteiger partial charge in [0.25, 0.3) is 0 Å². The van der Waals surface area contributed by atoms with Crippen LogP contribution in [0.1, 0.15) is 0 Å². The van der Waals surface area contributed by atoms with Crippen molar-refractivity contribution >= 4 is 39.0 Å². The zero-order chi connectivity index (χ0) is 11.5. The fourth-order valence-electron chi connectivity index (χ4n) is 1.45. The summed E-state index contributed by atoms with van der Waals surface area (Å²) in [5.74, 6) is -0.163. The van der Waals surface area contributed by atoms with Crippen LogP contribution in [0, 0.1) is 0 Å². The molecule has 0 aromatic rings. The van der Waals surface area contributed by atoms with Gasteiger partial charge in [-0.3, -0.25) is 0 Å². The van der Waals surface area contributed by atoms with E-state index in [0.717, 1.165) is 0 Å². The standard InChI is InChI=1S/C7H14N2O3S3.K/c10-6-4-15(11,12)3-5(6)8-1-2-9-7(13)14;/h5-6,8,10H,1-4H2,(H2,9,13,14);/q;+1/p-1. The summed E-state index contributed by atoms with van der Waals surface area (Å²) in [7, 11) is -3.08. The van der Waals surface area contributed by atoms with E-state index in [0.29, 0.717) is 13.1 Å². The monoisotopic (exact) mass is 308 g/mol. The van der Waals surface area contributed by atoms with Gasteiger partial charge < -0.3 is 40.6 Å². The molecule has 1 aliphatic heterocycles. The minimum atomic E-state index is -3.08. The molecule has 0 aliphatic carbocycles. The fraction of sp³-hybridized carbons (Fsp3) is 0.857. The van der Waals surface area contributed by atoms with Gasteiger partial charge in [-0.1, -0.05) is 4.32 Å². The second-order valence-corrected chi connectivity index (χ2v) is 6.65. The summed E-state index contributed by atoms with van der Waals surface area (Å²) in [5.41, 5.74) is 0. The van der Waals surface area contributed by atoms with Gasteiger partial charge in [-0.05, 0) is 0 Å². The number of hydrogen-bond donors (Lipinski definition) is 3. The van der Waals surface area contributed by atoms with E-state index in [1.807, 2.05) is 0 Å². The Morgan fingerprint density at radius 3 is 2.50 bits per heavy atom. The molecule has 2 unspecified atom stereocenters. The molecule has 9 heteroatoms.